The zero-order valence-electron chi connectivity index (χ0n) is 13.7. The number of carbonyl (C=O) groups is 1. The van der Waals surface area contributed by atoms with Gasteiger partial charge in [0.1, 0.15) is 0 Å². The van der Waals surface area contributed by atoms with Gasteiger partial charge in [-0.15, -0.1) is 0 Å². The second kappa shape index (κ2) is 6.56. The lowest BCUT2D eigenvalue weighted by atomic mass is 10.2. The molecule has 0 saturated carbocycles. The van der Waals surface area contributed by atoms with Crippen molar-refractivity contribution >= 4 is 34.5 Å². The van der Waals surface area contributed by atoms with Gasteiger partial charge in [-0.1, -0.05) is 24.8 Å². The lowest BCUT2D eigenvalue weighted by Gasteiger charge is -2.07. The number of anilines is 1. The molecule has 0 spiro atoms. The number of amides is 1. The maximum atomic E-state index is 12.4. The number of nitro benzene ring substituents is 1. The van der Waals surface area contributed by atoms with Crippen LogP contribution in [0.25, 0.3) is 17.2 Å². The second-order valence-electron chi connectivity index (χ2n) is 5.63. The Morgan fingerprint density at radius 3 is 2.84 bits per heavy atom. The van der Waals surface area contributed by atoms with Crippen molar-refractivity contribution in [3.8, 4) is 0 Å². The molecule has 0 radical (unpaired) electrons. The molecule has 0 fully saturated rings. The average Bonchev–Trinajstić information content (AvgIpc) is 2.94. The van der Waals surface area contributed by atoms with E-state index in [1.807, 2.05) is 28.8 Å². The molecule has 1 heterocycles. The first-order valence-corrected chi connectivity index (χ1v) is 7.66. The Morgan fingerprint density at radius 1 is 1.36 bits per heavy atom. The molecule has 2 aromatic carbocycles. The number of aryl methyl sites for hydroxylation is 1. The van der Waals surface area contributed by atoms with Crippen LogP contribution in [-0.4, -0.2) is 15.4 Å². The van der Waals surface area contributed by atoms with E-state index < -0.39 is 4.92 Å². The molecule has 0 aliphatic carbocycles. The van der Waals surface area contributed by atoms with Gasteiger partial charge in [-0.2, -0.15) is 0 Å². The van der Waals surface area contributed by atoms with E-state index in [1.165, 1.54) is 12.1 Å². The minimum Gasteiger partial charge on any atom is -0.322 e. The van der Waals surface area contributed by atoms with E-state index in [2.05, 4.69) is 11.9 Å². The van der Waals surface area contributed by atoms with Crippen molar-refractivity contribution in [2.45, 2.75) is 13.5 Å². The summed E-state index contributed by atoms with van der Waals surface area (Å²) in [5, 5.41) is 13.6. The molecule has 3 aromatic rings. The second-order valence-corrected chi connectivity index (χ2v) is 5.63. The van der Waals surface area contributed by atoms with Gasteiger partial charge >= 0.3 is 0 Å². The number of fused-ring (bicyclic) bond motifs is 1. The van der Waals surface area contributed by atoms with Crippen molar-refractivity contribution in [1.29, 1.82) is 0 Å². The highest BCUT2D eigenvalue weighted by molar-refractivity contribution is 5.91. The number of aromatic nitrogens is 2. The molecular weight excluding hydrogens is 320 g/mol. The Bertz CT molecular complexity index is 991. The average molecular weight is 337 g/mol. The topological polar surface area (TPSA) is 81.0 Å². The summed E-state index contributed by atoms with van der Waals surface area (Å²) < 4.78 is 3.64. The quantitative estimate of drug-likeness (QED) is 0.441. The van der Waals surface area contributed by atoms with Gasteiger partial charge in [0, 0.05) is 12.1 Å². The largest absolute Gasteiger partial charge is 0.322 e. The van der Waals surface area contributed by atoms with Crippen LogP contribution in [0.15, 0.2) is 55.4 Å². The van der Waals surface area contributed by atoms with Crippen molar-refractivity contribution in [2.75, 3.05) is 5.32 Å². The van der Waals surface area contributed by atoms with Gasteiger partial charge in [0.15, 0.2) is 17.6 Å². The van der Waals surface area contributed by atoms with Crippen LogP contribution in [0.2, 0.25) is 0 Å². The van der Waals surface area contributed by atoms with Gasteiger partial charge in [0.25, 0.3) is 11.6 Å². The normalized spacial score (nSPS) is 10.6. The highest BCUT2D eigenvalue weighted by Crippen LogP contribution is 2.21. The third kappa shape index (κ3) is 3.25. The number of hydrogen-bond donors (Lipinski definition) is 1. The summed E-state index contributed by atoms with van der Waals surface area (Å²) in [5.74, 6) is -0.263. The Kier molecular flexibility index (Phi) is 4.30. The molecule has 3 rings (SSSR count). The third-order valence-electron chi connectivity index (χ3n) is 3.95. The standard InChI is InChI=1S/C18H16N4O3/c1-3-20-12-21(17-7-5-4-6-16(17)20)11-18(23)19-15-10-14(22(24)25)9-8-13(15)2/h3-10,12H,1,11H2,2H3/p+1. The van der Waals surface area contributed by atoms with Crippen LogP contribution in [0, 0.1) is 17.0 Å². The molecular formula is C18H17N4O3+. The van der Waals surface area contributed by atoms with Crippen molar-refractivity contribution in [3.05, 3.63) is 71.0 Å². The van der Waals surface area contributed by atoms with Gasteiger partial charge in [0.05, 0.1) is 16.8 Å². The number of nitro groups is 1. The van der Waals surface area contributed by atoms with Crippen molar-refractivity contribution in [3.63, 3.8) is 0 Å². The maximum absolute atomic E-state index is 12.4. The molecule has 7 nitrogen and oxygen atoms in total. The van der Waals surface area contributed by atoms with Gasteiger partial charge in [-0.25, -0.2) is 9.13 Å². The predicted octanol–water partition coefficient (Wildman–Crippen LogP) is 2.88. The van der Waals surface area contributed by atoms with E-state index in [4.69, 9.17) is 0 Å². The van der Waals surface area contributed by atoms with Crippen LogP contribution in [-0.2, 0) is 11.3 Å². The molecule has 1 N–H and O–H groups in total. The number of para-hydroxylation sites is 2. The Hall–Kier alpha value is -3.48. The fraction of sp³-hybridized carbons (Fsp3) is 0.111. The lowest BCUT2D eigenvalue weighted by Crippen LogP contribution is -2.39. The van der Waals surface area contributed by atoms with Gasteiger partial charge in [-0.05, 0) is 24.6 Å². The number of hydrogen-bond acceptors (Lipinski definition) is 3. The Balaban J connectivity index is 1.85. The zero-order valence-corrected chi connectivity index (χ0v) is 13.7. The monoisotopic (exact) mass is 337 g/mol. The van der Waals surface area contributed by atoms with Crippen molar-refractivity contribution < 1.29 is 14.3 Å². The molecule has 1 aromatic heterocycles. The molecule has 0 atom stereocenters. The van der Waals surface area contributed by atoms with Gasteiger partial charge < -0.3 is 5.32 Å². The first-order chi connectivity index (χ1) is 12.0. The molecule has 0 bridgehead atoms. The number of nitrogens with one attached hydrogen (secondary N) is 1. The number of rotatable bonds is 5. The first-order valence-electron chi connectivity index (χ1n) is 7.66. The molecule has 0 saturated heterocycles. The SMILES string of the molecule is C=Cn1c[n+](CC(=O)Nc2cc([N+](=O)[O-])ccc2C)c2ccccc21. The highest BCUT2D eigenvalue weighted by Gasteiger charge is 2.17. The Morgan fingerprint density at radius 2 is 2.12 bits per heavy atom. The van der Waals surface area contributed by atoms with Crippen LogP contribution in [0.3, 0.4) is 0 Å². The van der Waals surface area contributed by atoms with Crippen LogP contribution in [0.4, 0.5) is 11.4 Å². The molecule has 7 heteroatoms. The maximum Gasteiger partial charge on any atom is 0.271 e. The van der Waals surface area contributed by atoms with E-state index in [-0.39, 0.29) is 18.1 Å². The zero-order chi connectivity index (χ0) is 18.0. The smallest absolute Gasteiger partial charge is 0.271 e. The minimum absolute atomic E-state index is 0.0585. The molecule has 1 amide bonds. The number of imidazole rings is 1. The molecule has 0 unspecified atom stereocenters. The van der Waals surface area contributed by atoms with Gasteiger partial charge in [-0.3, -0.25) is 14.9 Å². The fourth-order valence-electron chi connectivity index (χ4n) is 2.67. The summed E-state index contributed by atoms with van der Waals surface area (Å²) in [7, 11) is 0. The molecule has 0 aliphatic heterocycles. The van der Waals surface area contributed by atoms with Gasteiger partial charge in [0.2, 0.25) is 6.33 Å². The lowest BCUT2D eigenvalue weighted by molar-refractivity contribution is -0.658. The predicted molar refractivity (Wildman–Crippen MR) is 95.0 cm³/mol. The van der Waals surface area contributed by atoms with E-state index >= 15 is 0 Å². The number of benzene rings is 2. The summed E-state index contributed by atoms with van der Waals surface area (Å²) in [6.45, 7) is 5.64. The van der Waals surface area contributed by atoms with E-state index in [9.17, 15) is 14.9 Å². The summed E-state index contributed by atoms with van der Waals surface area (Å²) in [6.07, 6.45) is 3.46. The van der Waals surface area contributed by atoms with Crippen LogP contribution in [0.1, 0.15) is 5.56 Å². The third-order valence-corrected chi connectivity index (χ3v) is 3.95. The summed E-state index contributed by atoms with van der Waals surface area (Å²) in [4.78, 5) is 22.8. The van der Waals surface area contributed by atoms with Crippen LogP contribution in [0.5, 0.6) is 0 Å². The summed E-state index contributed by atoms with van der Waals surface area (Å²) >= 11 is 0. The number of nitrogens with zero attached hydrogens (tertiary/aromatic N) is 3. The number of carbonyl (C=O) groups excluding carboxylic acids is 1. The van der Waals surface area contributed by atoms with Crippen LogP contribution < -0.4 is 9.88 Å². The number of non-ortho nitro benzene ring substituents is 1. The molecule has 0 aliphatic rings. The summed E-state index contributed by atoms with van der Waals surface area (Å²) in [6, 6.07) is 12.1. The molecule has 25 heavy (non-hydrogen) atoms. The first kappa shape index (κ1) is 16.4. The van der Waals surface area contributed by atoms with E-state index in [0.717, 1.165) is 16.6 Å². The van der Waals surface area contributed by atoms with E-state index in [1.54, 1.807) is 30.1 Å². The molecule has 126 valence electrons. The van der Waals surface area contributed by atoms with Crippen molar-refractivity contribution in [2.24, 2.45) is 0 Å². The van der Waals surface area contributed by atoms with Crippen LogP contribution >= 0.6 is 0 Å². The Labute approximate surface area is 144 Å². The van der Waals surface area contributed by atoms with E-state index in [0.29, 0.717) is 5.69 Å². The van der Waals surface area contributed by atoms with Crippen molar-refractivity contribution in [1.82, 2.24) is 4.57 Å². The minimum atomic E-state index is -0.485. The fourth-order valence-corrected chi connectivity index (χ4v) is 2.67. The highest BCUT2D eigenvalue weighted by atomic mass is 16.6. The summed E-state index contributed by atoms with van der Waals surface area (Å²) in [5.41, 5.74) is 2.98.